The van der Waals surface area contributed by atoms with Crippen LogP contribution in [0.3, 0.4) is 0 Å². The fourth-order valence-corrected chi connectivity index (χ4v) is 2.38. The zero-order chi connectivity index (χ0) is 10.1. The summed E-state index contributed by atoms with van der Waals surface area (Å²) >= 11 is 1.31. The van der Waals surface area contributed by atoms with Crippen LogP contribution < -0.4 is 0 Å². The Hall–Kier alpha value is -0.590. The first kappa shape index (κ1) is 9.95. The minimum Gasteiger partial charge on any atom is -0.388 e. The summed E-state index contributed by atoms with van der Waals surface area (Å²) in [4.78, 5) is 24.1. The highest BCUT2D eigenvalue weighted by atomic mass is 32.2. The Morgan fingerprint density at radius 3 is 2.43 bits per heavy atom. The largest absolute Gasteiger partial charge is 0.388 e. The van der Waals surface area contributed by atoms with Crippen molar-refractivity contribution < 1.29 is 19.4 Å². The first-order valence-corrected chi connectivity index (χ1v) is 5.54. The molecule has 0 radical (unpaired) electrons. The van der Waals surface area contributed by atoms with E-state index in [1.54, 1.807) is 0 Å². The van der Waals surface area contributed by atoms with E-state index in [0.29, 0.717) is 11.5 Å². The van der Waals surface area contributed by atoms with Crippen molar-refractivity contribution >= 4 is 23.6 Å². The third kappa shape index (κ3) is 1.65. The molecule has 2 unspecified atom stereocenters. The molecule has 0 aromatic carbocycles. The van der Waals surface area contributed by atoms with E-state index in [4.69, 9.17) is 4.74 Å². The normalized spacial score (nSPS) is 33.9. The van der Waals surface area contributed by atoms with Gasteiger partial charge in [-0.2, -0.15) is 0 Å². The van der Waals surface area contributed by atoms with Crippen LogP contribution in [-0.2, 0) is 14.3 Å². The third-order valence-corrected chi connectivity index (χ3v) is 3.24. The van der Waals surface area contributed by atoms with Crippen molar-refractivity contribution in [1.29, 1.82) is 0 Å². The van der Waals surface area contributed by atoms with E-state index in [9.17, 15) is 14.7 Å². The minimum absolute atomic E-state index is 0.203. The highest BCUT2D eigenvalue weighted by molar-refractivity contribution is 8.00. The Morgan fingerprint density at radius 1 is 1.29 bits per heavy atom. The average Bonchev–Trinajstić information content (AvgIpc) is 2.52. The lowest BCUT2D eigenvalue weighted by Crippen LogP contribution is -2.53. The van der Waals surface area contributed by atoms with Crippen LogP contribution in [0.1, 0.15) is 0 Å². The molecule has 1 N–H and O–H groups in total. The number of ether oxygens (including phenoxy) is 1. The lowest BCUT2D eigenvalue weighted by molar-refractivity contribution is -0.146. The topological polar surface area (TPSA) is 66.8 Å². The summed E-state index contributed by atoms with van der Waals surface area (Å²) in [5.74, 6) is 0.186. The average molecular weight is 217 g/mol. The van der Waals surface area contributed by atoms with Crippen LogP contribution in [-0.4, -0.2) is 58.7 Å². The number of thioether (sulfide) groups is 1. The molecule has 0 bridgehead atoms. The number of nitrogens with zero attached hydrogens (tertiary/aromatic N) is 1. The van der Waals surface area contributed by atoms with E-state index in [2.05, 4.69) is 0 Å². The predicted octanol–water partition coefficient (Wildman–Crippen LogP) is -1.15. The van der Waals surface area contributed by atoms with Gasteiger partial charge < -0.3 is 9.84 Å². The number of hydrogen-bond donors (Lipinski definition) is 1. The SMILES string of the molecule is O=C1CSCC(=O)N1C1COCC1O. The molecule has 0 spiro atoms. The summed E-state index contributed by atoms with van der Waals surface area (Å²) in [6.07, 6.45) is -0.731. The molecule has 0 aliphatic carbocycles. The van der Waals surface area contributed by atoms with E-state index < -0.39 is 12.1 Å². The van der Waals surface area contributed by atoms with Crippen molar-refractivity contribution in [3.8, 4) is 0 Å². The van der Waals surface area contributed by atoms with Gasteiger partial charge in [-0.15, -0.1) is 11.8 Å². The molecule has 5 nitrogen and oxygen atoms in total. The quantitative estimate of drug-likeness (QED) is 0.562. The van der Waals surface area contributed by atoms with Gasteiger partial charge in [-0.1, -0.05) is 0 Å². The summed E-state index contributed by atoms with van der Waals surface area (Å²) < 4.78 is 5.02. The third-order valence-electron chi connectivity index (χ3n) is 2.34. The van der Waals surface area contributed by atoms with Gasteiger partial charge in [0.25, 0.3) is 0 Å². The first-order valence-electron chi connectivity index (χ1n) is 4.38. The molecule has 2 saturated heterocycles. The van der Waals surface area contributed by atoms with Crippen molar-refractivity contribution in [2.75, 3.05) is 24.7 Å². The molecule has 2 fully saturated rings. The molecule has 14 heavy (non-hydrogen) atoms. The van der Waals surface area contributed by atoms with Crippen LogP contribution in [0.5, 0.6) is 0 Å². The highest BCUT2D eigenvalue weighted by Crippen LogP contribution is 2.20. The van der Waals surface area contributed by atoms with Crippen LogP contribution >= 0.6 is 11.8 Å². The van der Waals surface area contributed by atoms with Gasteiger partial charge in [0.15, 0.2) is 0 Å². The van der Waals surface area contributed by atoms with Crippen LogP contribution in [0.25, 0.3) is 0 Å². The molecule has 6 heteroatoms. The molecule has 0 aromatic heterocycles. The van der Waals surface area contributed by atoms with Crippen LogP contribution in [0.4, 0.5) is 0 Å². The van der Waals surface area contributed by atoms with E-state index in [0.717, 1.165) is 4.90 Å². The zero-order valence-electron chi connectivity index (χ0n) is 7.51. The lowest BCUT2D eigenvalue weighted by Gasteiger charge is -2.30. The lowest BCUT2D eigenvalue weighted by atomic mass is 10.2. The Morgan fingerprint density at radius 2 is 1.93 bits per heavy atom. The Labute approximate surface area is 85.4 Å². The molecule has 0 saturated carbocycles. The smallest absolute Gasteiger partial charge is 0.239 e. The van der Waals surface area contributed by atoms with Crippen molar-refractivity contribution in [3.63, 3.8) is 0 Å². The fraction of sp³-hybridized carbons (Fsp3) is 0.750. The maximum absolute atomic E-state index is 11.5. The standard InChI is InChI=1S/C8H11NO4S/c10-6-2-13-1-5(6)9-7(11)3-14-4-8(9)12/h5-6,10H,1-4H2. The number of carbonyl (C=O) groups is 2. The van der Waals surface area contributed by atoms with Gasteiger partial charge in [-0.25, -0.2) is 0 Å². The number of hydrogen-bond acceptors (Lipinski definition) is 5. The molecule has 2 heterocycles. The van der Waals surface area contributed by atoms with E-state index in [1.807, 2.05) is 0 Å². The van der Waals surface area contributed by atoms with E-state index in [1.165, 1.54) is 11.8 Å². The van der Waals surface area contributed by atoms with Gasteiger partial charge in [0.05, 0.1) is 30.8 Å². The van der Waals surface area contributed by atoms with Crippen molar-refractivity contribution in [2.24, 2.45) is 0 Å². The predicted molar refractivity (Wildman–Crippen MR) is 49.8 cm³/mol. The van der Waals surface area contributed by atoms with Crippen LogP contribution in [0.15, 0.2) is 0 Å². The molecule has 2 aliphatic rings. The van der Waals surface area contributed by atoms with E-state index in [-0.39, 0.29) is 25.0 Å². The second kappa shape index (κ2) is 3.88. The fourth-order valence-electron chi connectivity index (χ4n) is 1.65. The van der Waals surface area contributed by atoms with Gasteiger partial charge in [0.1, 0.15) is 6.10 Å². The van der Waals surface area contributed by atoms with Crippen molar-refractivity contribution in [2.45, 2.75) is 12.1 Å². The molecule has 2 rings (SSSR count). The Kier molecular flexibility index (Phi) is 2.76. The number of carbonyl (C=O) groups excluding carboxylic acids is 2. The summed E-state index contributed by atoms with van der Waals surface area (Å²) in [7, 11) is 0. The molecule has 2 aliphatic heterocycles. The molecular formula is C8H11NO4S. The van der Waals surface area contributed by atoms with Crippen molar-refractivity contribution in [1.82, 2.24) is 4.90 Å². The van der Waals surface area contributed by atoms with Gasteiger partial charge in [0, 0.05) is 0 Å². The molecule has 2 amide bonds. The number of aliphatic hydroxyl groups is 1. The first-order chi connectivity index (χ1) is 6.70. The van der Waals surface area contributed by atoms with Gasteiger partial charge in [0.2, 0.25) is 11.8 Å². The molecular weight excluding hydrogens is 206 g/mol. The van der Waals surface area contributed by atoms with Crippen LogP contribution in [0, 0.1) is 0 Å². The summed E-state index contributed by atoms with van der Waals surface area (Å²) in [5.41, 5.74) is 0. The van der Waals surface area contributed by atoms with Gasteiger partial charge in [-0.05, 0) is 0 Å². The minimum atomic E-state index is -0.731. The van der Waals surface area contributed by atoms with E-state index >= 15 is 0 Å². The second-order valence-corrected chi connectivity index (χ2v) is 4.31. The van der Waals surface area contributed by atoms with Crippen molar-refractivity contribution in [3.05, 3.63) is 0 Å². The molecule has 0 aromatic rings. The number of aliphatic hydroxyl groups excluding tert-OH is 1. The monoisotopic (exact) mass is 217 g/mol. The van der Waals surface area contributed by atoms with Crippen LogP contribution in [0.2, 0.25) is 0 Å². The molecule has 2 atom stereocenters. The maximum Gasteiger partial charge on any atom is 0.239 e. The maximum atomic E-state index is 11.5. The molecule has 78 valence electrons. The second-order valence-electron chi connectivity index (χ2n) is 3.32. The Balaban J connectivity index is 2.13. The highest BCUT2D eigenvalue weighted by Gasteiger charge is 2.39. The number of rotatable bonds is 1. The van der Waals surface area contributed by atoms with Gasteiger partial charge in [-0.3, -0.25) is 14.5 Å². The van der Waals surface area contributed by atoms with Gasteiger partial charge >= 0.3 is 0 Å². The Bertz CT molecular complexity index is 254. The number of amides is 2. The summed E-state index contributed by atoms with van der Waals surface area (Å²) in [5, 5.41) is 9.50. The summed E-state index contributed by atoms with van der Waals surface area (Å²) in [6, 6.07) is -0.476. The summed E-state index contributed by atoms with van der Waals surface area (Å²) in [6.45, 7) is 0.457. The zero-order valence-corrected chi connectivity index (χ0v) is 8.33. The number of imide groups is 1.